The van der Waals surface area contributed by atoms with Gasteiger partial charge in [-0.1, -0.05) is 48.6 Å². The van der Waals surface area contributed by atoms with Gasteiger partial charge in [0.05, 0.1) is 10.6 Å². The van der Waals surface area contributed by atoms with E-state index in [-0.39, 0.29) is 16.4 Å². The maximum absolute atomic E-state index is 12.2. The fourth-order valence-electron chi connectivity index (χ4n) is 1.81. The second kappa shape index (κ2) is 8.59. The zero-order chi connectivity index (χ0) is 17.6. The lowest BCUT2D eigenvalue weighted by Gasteiger charge is -2.01. The van der Waals surface area contributed by atoms with Gasteiger partial charge in [-0.15, -0.1) is 10.2 Å². The average molecular weight is 386 g/mol. The number of sulfone groups is 1. The van der Waals surface area contributed by atoms with Crippen molar-refractivity contribution >= 4 is 43.9 Å². The minimum atomic E-state index is -3.25. The predicted octanol–water partition coefficient (Wildman–Crippen LogP) is 3.13. The van der Waals surface area contributed by atoms with Gasteiger partial charge in [0.25, 0.3) is 0 Å². The van der Waals surface area contributed by atoms with Crippen LogP contribution < -0.4 is 5.32 Å². The standard InChI is InChI=1S/C15H19N3O3S3/c1-3-4-9-16-14-17-18-15(23-14)22-10-13(19)11-5-7-12(8-6-11)24(2,20)21/h5-8H,3-4,9-10H2,1-2H3,(H,16,17). The van der Waals surface area contributed by atoms with Gasteiger partial charge in [-0.25, -0.2) is 8.42 Å². The molecule has 1 N–H and O–H groups in total. The molecule has 6 nitrogen and oxygen atoms in total. The minimum Gasteiger partial charge on any atom is -0.360 e. The van der Waals surface area contributed by atoms with E-state index in [2.05, 4.69) is 22.4 Å². The van der Waals surface area contributed by atoms with E-state index >= 15 is 0 Å². The molecule has 1 heterocycles. The van der Waals surface area contributed by atoms with Crippen LogP contribution in [0.1, 0.15) is 30.1 Å². The number of rotatable bonds is 9. The molecule has 9 heteroatoms. The molecule has 0 bridgehead atoms. The number of aromatic nitrogens is 2. The molecule has 1 aromatic heterocycles. The fraction of sp³-hybridized carbons (Fsp3) is 0.400. The van der Waals surface area contributed by atoms with E-state index in [0.29, 0.717) is 5.56 Å². The molecule has 0 amide bonds. The first-order chi connectivity index (χ1) is 11.4. The minimum absolute atomic E-state index is 0.0734. The van der Waals surface area contributed by atoms with Crippen LogP contribution in [0.5, 0.6) is 0 Å². The molecule has 0 spiro atoms. The molecule has 0 aliphatic heterocycles. The van der Waals surface area contributed by atoms with Gasteiger partial charge < -0.3 is 5.32 Å². The van der Waals surface area contributed by atoms with Gasteiger partial charge in [0, 0.05) is 18.4 Å². The number of nitrogens with zero attached hydrogens (tertiary/aromatic N) is 2. The van der Waals surface area contributed by atoms with Crippen molar-refractivity contribution in [3.05, 3.63) is 29.8 Å². The van der Waals surface area contributed by atoms with Crippen molar-refractivity contribution in [1.82, 2.24) is 10.2 Å². The number of thioether (sulfide) groups is 1. The number of carbonyl (C=O) groups is 1. The largest absolute Gasteiger partial charge is 0.360 e. The first-order valence-electron chi connectivity index (χ1n) is 7.43. The number of Topliss-reactive ketones (excluding diaryl/α,β-unsaturated/α-hetero) is 1. The summed E-state index contributed by atoms with van der Waals surface area (Å²) in [6.45, 7) is 2.98. The first kappa shape index (κ1) is 18.9. The van der Waals surface area contributed by atoms with Gasteiger partial charge in [-0.05, 0) is 18.6 Å². The lowest BCUT2D eigenvalue weighted by atomic mass is 10.1. The van der Waals surface area contributed by atoms with Crippen molar-refractivity contribution in [3.63, 3.8) is 0 Å². The first-order valence-corrected chi connectivity index (χ1v) is 11.1. The lowest BCUT2D eigenvalue weighted by Crippen LogP contribution is -2.03. The summed E-state index contributed by atoms with van der Waals surface area (Å²) in [5.41, 5.74) is 0.487. The Labute approximate surface area is 150 Å². The Morgan fingerprint density at radius 1 is 1.25 bits per heavy atom. The van der Waals surface area contributed by atoms with Crippen molar-refractivity contribution in [2.75, 3.05) is 23.9 Å². The van der Waals surface area contributed by atoms with Gasteiger partial charge in [-0.3, -0.25) is 4.79 Å². The average Bonchev–Trinajstić information content (AvgIpc) is 3.00. The Balaban J connectivity index is 1.89. The number of ketones is 1. The number of benzene rings is 1. The number of carbonyl (C=O) groups excluding carboxylic acids is 1. The van der Waals surface area contributed by atoms with E-state index in [1.54, 1.807) is 0 Å². The Kier molecular flexibility index (Phi) is 6.76. The Hall–Kier alpha value is -1.45. The van der Waals surface area contributed by atoms with Crippen LogP contribution in [-0.2, 0) is 9.84 Å². The Bertz CT molecular complexity index is 786. The molecule has 1 aromatic carbocycles. The smallest absolute Gasteiger partial charge is 0.206 e. The summed E-state index contributed by atoms with van der Waals surface area (Å²) >= 11 is 2.75. The van der Waals surface area contributed by atoms with Gasteiger partial charge in [-0.2, -0.15) is 0 Å². The number of nitrogens with one attached hydrogen (secondary N) is 1. The van der Waals surface area contributed by atoms with Crippen molar-refractivity contribution in [3.8, 4) is 0 Å². The third kappa shape index (κ3) is 5.57. The predicted molar refractivity (Wildman–Crippen MR) is 97.9 cm³/mol. The maximum atomic E-state index is 12.2. The molecule has 0 fully saturated rings. The van der Waals surface area contributed by atoms with E-state index in [1.807, 2.05) is 0 Å². The Morgan fingerprint density at radius 2 is 1.96 bits per heavy atom. The summed E-state index contributed by atoms with van der Waals surface area (Å²) in [6, 6.07) is 5.98. The quantitative estimate of drug-likeness (QED) is 0.403. The van der Waals surface area contributed by atoms with Crippen LogP contribution in [0, 0.1) is 0 Å². The van der Waals surface area contributed by atoms with Gasteiger partial charge in [0.2, 0.25) is 5.13 Å². The molecule has 0 saturated heterocycles. The van der Waals surface area contributed by atoms with Gasteiger partial charge in [0.15, 0.2) is 20.0 Å². The Morgan fingerprint density at radius 3 is 2.58 bits per heavy atom. The third-order valence-electron chi connectivity index (χ3n) is 3.14. The van der Waals surface area contributed by atoms with Crippen LogP contribution in [0.3, 0.4) is 0 Å². The molecular formula is C15H19N3O3S3. The highest BCUT2D eigenvalue weighted by Gasteiger charge is 2.12. The summed E-state index contributed by atoms with van der Waals surface area (Å²) in [7, 11) is -3.25. The van der Waals surface area contributed by atoms with Crippen molar-refractivity contribution in [2.24, 2.45) is 0 Å². The highest BCUT2D eigenvalue weighted by atomic mass is 32.2. The molecule has 0 aliphatic carbocycles. The molecule has 0 atom stereocenters. The zero-order valence-electron chi connectivity index (χ0n) is 13.5. The number of unbranched alkanes of at least 4 members (excludes halogenated alkanes) is 1. The van der Waals surface area contributed by atoms with E-state index in [4.69, 9.17) is 0 Å². The fourth-order valence-corrected chi connectivity index (χ4v) is 4.11. The van der Waals surface area contributed by atoms with E-state index < -0.39 is 9.84 Å². The van der Waals surface area contributed by atoms with Crippen molar-refractivity contribution in [2.45, 2.75) is 29.0 Å². The normalized spacial score (nSPS) is 11.4. The second-order valence-electron chi connectivity index (χ2n) is 5.16. The summed E-state index contributed by atoms with van der Waals surface area (Å²) in [5.74, 6) is 0.165. The van der Waals surface area contributed by atoms with Crippen LogP contribution >= 0.6 is 23.1 Å². The van der Waals surface area contributed by atoms with E-state index in [0.717, 1.165) is 35.1 Å². The van der Waals surface area contributed by atoms with Crippen LogP contribution in [0.4, 0.5) is 5.13 Å². The maximum Gasteiger partial charge on any atom is 0.206 e. The lowest BCUT2D eigenvalue weighted by molar-refractivity contribution is 0.102. The van der Waals surface area contributed by atoms with E-state index in [9.17, 15) is 13.2 Å². The molecule has 24 heavy (non-hydrogen) atoms. The van der Waals surface area contributed by atoms with Crippen LogP contribution in [0.25, 0.3) is 0 Å². The molecule has 0 saturated carbocycles. The van der Waals surface area contributed by atoms with Crippen molar-refractivity contribution in [1.29, 1.82) is 0 Å². The molecule has 2 rings (SSSR count). The molecule has 0 unspecified atom stereocenters. The molecular weight excluding hydrogens is 366 g/mol. The number of anilines is 1. The SMILES string of the molecule is CCCCNc1nnc(SCC(=O)c2ccc(S(C)(=O)=O)cc2)s1. The van der Waals surface area contributed by atoms with E-state index in [1.165, 1.54) is 47.4 Å². The third-order valence-corrected chi connectivity index (χ3v) is 6.29. The summed E-state index contributed by atoms with van der Waals surface area (Å²) in [5, 5.41) is 12.0. The topological polar surface area (TPSA) is 89.0 Å². The highest BCUT2D eigenvalue weighted by Crippen LogP contribution is 2.26. The molecule has 0 aliphatic rings. The molecule has 0 radical (unpaired) electrons. The second-order valence-corrected chi connectivity index (χ2v) is 9.38. The van der Waals surface area contributed by atoms with Crippen LogP contribution in [-0.4, -0.2) is 43.0 Å². The molecule has 2 aromatic rings. The van der Waals surface area contributed by atoms with Gasteiger partial charge in [0.1, 0.15) is 0 Å². The summed E-state index contributed by atoms with van der Waals surface area (Å²) in [6.07, 6.45) is 3.32. The summed E-state index contributed by atoms with van der Waals surface area (Å²) < 4.78 is 23.6. The number of hydrogen-bond donors (Lipinski definition) is 1. The highest BCUT2D eigenvalue weighted by molar-refractivity contribution is 8.01. The summed E-state index contributed by atoms with van der Waals surface area (Å²) in [4.78, 5) is 12.4. The van der Waals surface area contributed by atoms with Crippen molar-refractivity contribution < 1.29 is 13.2 Å². The van der Waals surface area contributed by atoms with Crippen LogP contribution in [0.15, 0.2) is 33.5 Å². The van der Waals surface area contributed by atoms with Crippen LogP contribution in [0.2, 0.25) is 0 Å². The molecule has 130 valence electrons. The van der Waals surface area contributed by atoms with Gasteiger partial charge >= 0.3 is 0 Å². The number of hydrogen-bond acceptors (Lipinski definition) is 8. The monoisotopic (exact) mass is 385 g/mol. The zero-order valence-corrected chi connectivity index (χ0v) is 15.9.